The van der Waals surface area contributed by atoms with Gasteiger partial charge in [-0.3, -0.25) is 14.9 Å². The Morgan fingerprint density at radius 3 is 2.60 bits per heavy atom. The number of hydrogen-bond acceptors (Lipinski definition) is 5. The van der Waals surface area contributed by atoms with Crippen LogP contribution in [0, 0.1) is 17.0 Å². The molecule has 0 aliphatic rings. The van der Waals surface area contributed by atoms with Crippen LogP contribution >= 0.6 is 0 Å². The third-order valence-electron chi connectivity index (χ3n) is 3.94. The van der Waals surface area contributed by atoms with E-state index in [1.807, 2.05) is 24.3 Å². The lowest BCUT2D eigenvalue weighted by Gasteiger charge is -2.17. The topological polar surface area (TPSA) is 90.7 Å². The number of nitrogens with zero attached hydrogens (tertiary/aromatic N) is 1. The lowest BCUT2D eigenvalue weighted by molar-refractivity contribution is -0.385. The molecular formula is C18H20N2O5. The molecule has 1 unspecified atom stereocenters. The van der Waals surface area contributed by atoms with Crippen LogP contribution in [0.5, 0.6) is 5.75 Å². The zero-order valence-corrected chi connectivity index (χ0v) is 14.3. The Labute approximate surface area is 145 Å². The molecule has 0 fully saturated rings. The highest BCUT2D eigenvalue weighted by Gasteiger charge is 2.19. The van der Waals surface area contributed by atoms with E-state index in [1.165, 1.54) is 12.1 Å². The molecule has 7 nitrogen and oxygen atoms in total. The predicted octanol–water partition coefficient (Wildman–Crippen LogP) is 3.03. The van der Waals surface area contributed by atoms with Gasteiger partial charge in [-0.1, -0.05) is 18.2 Å². The first-order valence-electron chi connectivity index (χ1n) is 7.67. The van der Waals surface area contributed by atoms with Gasteiger partial charge in [-0.2, -0.15) is 0 Å². The maximum atomic E-state index is 12.4. The highest BCUT2D eigenvalue weighted by Crippen LogP contribution is 2.23. The number of carbonyl (C=O) groups is 1. The predicted molar refractivity (Wildman–Crippen MR) is 92.9 cm³/mol. The van der Waals surface area contributed by atoms with Crippen LogP contribution in [0.25, 0.3) is 0 Å². The van der Waals surface area contributed by atoms with Crippen LogP contribution in [0.3, 0.4) is 0 Å². The molecule has 7 heteroatoms. The number of methoxy groups -OCH3 is 2. The molecule has 0 radical (unpaired) electrons. The number of hydrogen-bond donors (Lipinski definition) is 1. The van der Waals surface area contributed by atoms with Crippen LogP contribution in [0.1, 0.15) is 27.6 Å². The smallest absolute Gasteiger partial charge is 0.273 e. The number of ether oxygens (including phenoxy) is 2. The molecule has 2 rings (SSSR count). The molecule has 1 amide bonds. The fraction of sp³-hybridized carbons (Fsp3) is 0.278. The highest BCUT2D eigenvalue weighted by molar-refractivity contribution is 5.96. The molecule has 0 aliphatic carbocycles. The van der Waals surface area contributed by atoms with Gasteiger partial charge >= 0.3 is 0 Å². The van der Waals surface area contributed by atoms with Gasteiger partial charge in [-0.15, -0.1) is 0 Å². The number of rotatable bonds is 7. The van der Waals surface area contributed by atoms with Crippen molar-refractivity contribution in [2.75, 3.05) is 20.8 Å². The number of carbonyl (C=O) groups excluding carboxylic acids is 1. The summed E-state index contributed by atoms with van der Waals surface area (Å²) in [6.45, 7) is 1.79. The zero-order valence-electron chi connectivity index (χ0n) is 14.3. The van der Waals surface area contributed by atoms with E-state index in [-0.39, 0.29) is 29.8 Å². The summed E-state index contributed by atoms with van der Waals surface area (Å²) in [6, 6.07) is 11.8. The van der Waals surface area contributed by atoms with E-state index in [0.717, 1.165) is 5.56 Å². The van der Waals surface area contributed by atoms with Crippen LogP contribution in [-0.2, 0) is 4.74 Å². The van der Waals surface area contributed by atoms with Crippen molar-refractivity contribution in [3.63, 3.8) is 0 Å². The molecule has 1 N–H and O–H groups in total. The van der Waals surface area contributed by atoms with Crippen molar-refractivity contribution in [1.82, 2.24) is 5.32 Å². The first-order chi connectivity index (χ1) is 12.0. The van der Waals surface area contributed by atoms with E-state index in [4.69, 9.17) is 9.47 Å². The van der Waals surface area contributed by atoms with E-state index in [9.17, 15) is 14.9 Å². The third kappa shape index (κ3) is 4.33. The van der Waals surface area contributed by atoms with Crippen molar-refractivity contribution in [3.05, 3.63) is 69.3 Å². The monoisotopic (exact) mass is 344 g/mol. The lowest BCUT2D eigenvalue weighted by atomic mass is 10.1. The van der Waals surface area contributed by atoms with E-state index < -0.39 is 4.92 Å². The van der Waals surface area contributed by atoms with E-state index in [2.05, 4.69) is 5.32 Å². The molecule has 2 aromatic rings. The van der Waals surface area contributed by atoms with Crippen molar-refractivity contribution in [3.8, 4) is 5.75 Å². The maximum Gasteiger partial charge on any atom is 0.273 e. The van der Waals surface area contributed by atoms with Gasteiger partial charge < -0.3 is 14.8 Å². The molecule has 132 valence electrons. The van der Waals surface area contributed by atoms with Gasteiger partial charge in [-0.05, 0) is 30.7 Å². The molecule has 0 saturated carbocycles. The van der Waals surface area contributed by atoms with Gasteiger partial charge in [0.05, 0.1) is 18.1 Å². The van der Waals surface area contributed by atoms with E-state index >= 15 is 0 Å². The largest absolute Gasteiger partial charge is 0.497 e. The summed E-state index contributed by atoms with van der Waals surface area (Å²) < 4.78 is 10.6. The van der Waals surface area contributed by atoms with Gasteiger partial charge in [0.2, 0.25) is 0 Å². The molecule has 0 aromatic heterocycles. The molecule has 2 aromatic carbocycles. The molecule has 25 heavy (non-hydrogen) atoms. The minimum absolute atomic E-state index is 0.0799. The summed E-state index contributed by atoms with van der Waals surface area (Å²) >= 11 is 0. The molecule has 0 saturated heterocycles. The molecule has 0 aliphatic heterocycles. The Morgan fingerprint density at radius 2 is 1.96 bits per heavy atom. The van der Waals surface area contributed by atoms with Crippen molar-refractivity contribution < 1.29 is 19.2 Å². The Morgan fingerprint density at radius 1 is 1.24 bits per heavy atom. The summed E-state index contributed by atoms with van der Waals surface area (Å²) in [5.41, 5.74) is 1.39. The molecular weight excluding hydrogens is 324 g/mol. The average Bonchev–Trinajstić information content (AvgIpc) is 2.62. The summed E-state index contributed by atoms with van der Waals surface area (Å²) in [6.07, 6.45) is -0.363. The van der Waals surface area contributed by atoms with Crippen LogP contribution in [0.2, 0.25) is 0 Å². The van der Waals surface area contributed by atoms with E-state index in [0.29, 0.717) is 11.3 Å². The van der Waals surface area contributed by atoms with Gasteiger partial charge in [-0.25, -0.2) is 0 Å². The molecule has 0 heterocycles. The Kier molecular flexibility index (Phi) is 6.08. The van der Waals surface area contributed by atoms with Crippen molar-refractivity contribution >= 4 is 11.6 Å². The fourth-order valence-electron chi connectivity index (χ4n) is 2.53. The Hall–Kier alpha value is -2.93. The maximum absolute atomic E-state index is 12.4. The second-order valence-electron chi connectivity index (χ2n) is 5.42. The van der Waals surface area contributed by atoms with Crippen molar-refractivity contribution in [1.29, 1.82) is 0 Å². The van der Waals surface area contributed by atoms with Crippen LogP contribution < -0.4 is 10.1 Å². The first kappa shape index (κ1) is 18.4. The third-order valence-corrected chi connectivity index (χ3v) is 3.94. The number of nitro benzene ring substituents is 1. The van der Waals surface area contributed by atoms with Gasteiger partial charge in [0.1, 0.15) is 5.75 Å². The summed E-state index contributed by atoms with van der Waals surface area (Å²) in [5.74, 6) is 0.312. The molecule has 0 bridgehead atoms. The van der Waals surface area contributed by atoms with Crippen LogP contribution in [-0.4, -0.2) is 31.6 Å². The first-order valence-corrected chi connectivity index (χ1v) is 7.67. The molecule has 1 atom stereocenters. The second kappa shape index (κ2) is 8.25. The second-order valence-corrected chi connectivity index (χ2v) is 5.42. The fourth-order valence-corrected chi connectivity index (χ4v) is 2.53. The summed E-state index contributed by atoms with van der Waals surface area (Å²) in [7, 11) is 3.13. The average molecular weight is 344 g/mol. The number of benzene rings is 2. The SMILES string of the molecule is COc1cccc(C(CNC(=O)c2cccc([N+](=O)[O-])c2C)OC)c1. The lowest BCUT2D eigenvalue weighted by Crippen LogP contribution is -2.29. The van der Waals surface area contributed by atoms with Crippen LogP contribution in [0.4, 0.5) is 5.69 Å². The number of nitrogens with one attached hydrogen (secondary N) is 1. The molecule has 0 spiro atoms. The number of nitro groups is 1. The summed E-state index contributed by atoms with van der Waals surface area (Å²) in [4.78, 5) is 22.9. The van der Waals surface area contributed by atoms with Gasteiger partial charge in [0.25, 0.3) is 11.6 Å². The Bertz CT molecular complexity index is 776. The summed E-state index contributed by atoms with van der Waals surface area (Å²) in [5, 5.41) is 13.8. The Balaban J connectivity index is 2.12. The zero-order chi connectivity index (χ0) is 18.4. The normalized spacial score (nSPS) is 11.6. The standard InChI is InChI=1S/C18H20N2O5/c1-12-15(8-5-9-16(12)20(22)23)18(21)19-11-17(25-3)13-6-4-7-14(10-13)24-2/h4-10,17H,11H2,1-3H3,(H,19,21). The van der Waals surface area contributed by atoms with Gasteiger partial charge in [0, 0.05) is 30.8 Å². The van der Waals surface area contributed by atoms with E-state index in [1.54, 1.807) is 27.2 Å². The number of amides is 1. The van der Waals surface area contributed by atoms with Crippen molar-refractivity contribution in [2.24, 2.45) is 0 Å². The minimum atomic E-state index is -0.500. The van der Waals surface area contributed by atoms with Crippen molar-refractivity contribution in [2.45, 2.75) is 13.0 Å². The van der Waals surface area contributed by atoms with Crippen LogP contribution in [0.15, 0.2) is 42.5 Å². The minimum Gasteiger partial charge on any atom is -0.497 e. The van der Waals surface area contributed by atoms with Gasteiger partial charge in [0.15, 0.2) is 0 Å². The quantitative estimate of drug-likeness (QED) is 0.616. The highest BCUT2D eigenvalue weighted by atomic mass is 16.6.